The summed E-state index contributed by atoms with van der Waals surface area (Å²) in [5, 5.41) is 0. The van der Waals surface area contributed by atoms with E-state index >= 15 is 0 Å². The summed E-state index contributed by atoms with van der Waals surface area (Å²) in [7, 11) is 0. The van der Waals surface area contributed by atoms with Crippen molar-refractivity contribution in [3.05, 3.63) is 17.9 Å². The van der Waals surface area contributed by atoms with Gasteiger partial charge in [0, 0.05) is 24.4 Å². The van der Waals surface area contributed by atoms with Crippen molar-refractivity contribution in [1.82, 2.24) is 0 Å². The molecule has 15 heavy (non-hydrogen) atoms. The smallest absolute Gasteiger partial charge is 0.196 e. The fraction of sp³-hybridized carbons (Fsp3) is 0.545. The van der Waals surface area contributed by atoms with Crippen LogP contribution in [0.3, 0.4) is 0 Å². The third kappa shape index (κ3) is 2.37. The van der Waals surface area contributed by atoms with Crippen LogP contribution in [0, 0.1) is 0 Å². The molecule has 1 aliphatic heterocycles. The summed E-state index contributed by atoms with van der Waals surface area (Å²) in [5.74, 6) is 3.57. The summed E-state index contributed by atoms with van der Waals surface area (Å²) >= 11 is 1.98. The van der Waals surface area contributed by atoms with E-state index in [9.17, 15) is 4.79 Å². The van der Waals surface area contributed by atoms with E-state index in [4.69, 9.17) is 4.42 Å². The molecule has 1 aliphatic rings. The average molecular weight is 225 g/mol. The van der Waals surface area contributed by atoms with Gasteiger partial charge in [0.25, 0.3) is 0 Å². The number of nitrogens with zero attached hydrogens (tertiary/aromatic N) is 1. The largest absolute Gasteiger partial charge is 0.438 e. The molecule has 0 spiro atoms. The van der Waals surface area contributed by atoms with Gasteiger partial charge in [0.2, 0.25) is 0 Å². The van der Waals surface area contributed by atoms with Crippen LogP contribution < -0.4 is 4.90 Å². The number of anilines is 1. The molecular weight excluding hydrogens is 210 g/mol. The van der Waals surface area contributed by atoms with Gasteiger partial charge in [-0.2, -0.15) is 11.8 Å². The fourth-order valence-electron chi connectivity index (χ4n) is 1.78. The van der Waals surface area contributed by atoms with E-state index in [-0.39, 0.29) is 0 Å². The van der Waals surface area contributed by atoms with E-state index in [1.54, 1.807) is 6.07 Å². The topological polar surface area (TPSA) is 33.5 Å². The molecule has 0 aliphatic carbocycles. The molecule has 1 aromatic rings. The number of carbonyl (C=O) groups excluding carboxylic acids is 1. The predicted molar refractivity (Wildman–Crippen MR) is 62.8 cm³/mol. The molecule has 0 aromatic carbocycles. The number of rotatable bonds is 2. The second-order valence-corrected chi connectivity index (χ2v) is 4.96. The molecule has 0 N–H and O–H groups in total. The minimum Gasteiger partial charge on any atom is -0.438 e. The number of furan rings is 1. The molecule has 3 nitrogen and oxygen atoms in total. The molecule has 2 rings (SSSR count). The van der Waals surface area contributed by atoms with Crippen molar-refractivity contribution >= 4 is 23.9 Å². The van der Waals surface area contributed by atoms with Gasteiger partial charge in [-0.25, -0.2) is 0 Å². The zero-order chi connectivity index (χ0) is 10.7. The van der Waals surface area contributed by atoms with Crippen LogP contribution in [0.1, 0.15) is 23.9 Å². The quantitative estimate of drug-likeness (QED) is 0.724. The first kappa shape index (κ1) is 10.6. The Bertz CT molecular complexity index is 337. The second kappa shape index (κ2) is 4.75. The molecule has 1 saturated heterocycles. The lowest BCUT2D eigenvalue weighted by molar-refractivity contribution is 0.110. The highest BCUT2D eigenvalue weighted by Crippen LogP contribution is 2.24. The SMILES string of the molecule is CC1CCSCCN1c1ccc(C=O)o1. The van der Waals surface area contributed by atoms with E-state index < -0.39 is 0 Å². The van der Waals surface area contributed by atoms with E-state index in [2.05, 4.69) is 11.8 Å². The molecule has 0 bridgehead atoms. The van der Waals surface area contributed by atoms with Crippen LogP contribution in [0.2, 0.25) is 0 Å². The van der Waals surface area contributed by atoms with Crippen LogP contribution in [-0.2, 0) is 0 Å². The van der Waals surface area contributed by atoms with Gasteiger partial charge in [-0.05, 0) is 25.2 Å². The van der Waals surface area contributed by atoms with Gasteiger partial charge < -0.3 is 9.32 Å². The standard InChI is InChI=1S/C11H15NO2S/c1-9-4-6-15-7-5-12(9)11-3-2-10(8-13)14-11/h2-3,8-9H,4-7H2,1H3. The van der Waals surface area contributed by atoms with Crippen molar-refractivity contribution < 1.29 is 9.21 Å². The van der Waals surface area contributed by atoms with Gasteiger partial charge in [-0.1, -0.05) is 0 Å². The van der Waals surface area contributed by atoms with E-state index in [1.165, 1.54) is 12.2 Å². The molecule has 2 heterocycles. The molecule has 82 valence electrons. The van der Waals surface area contributed by atoms with Crippen LogP contribution in [0.25, 0.3) is 0 Å². The molecular formula is C11H15NO2S. The Morgan fingerprint density at radius 1 is 1.53 bits per heavy atom. The molecule has 0 amide bonds. The third-order valence-electron chi connectivity index (χ3n) is 2.70. The van der Waals surface area contributed by atoms with Crippen LogP contribution in [-0.4, -0.2) is 30.4 Å². The maximum atomic E-state index is 10.5. The summed E-state index contributed by atoms with van der Waals surface area (Å²) in [5.41, 5.74) is 0. The van der Waals surface area contributed by atoms with Crippen molar-refractivity contribution in [2.45, 2.75) is 19.4 Å². The van der Waals surface area contributed by atoms with E-state index in [1.807, 2.05) is 17.8 Å². The first-order valence-corrected chi connectivity index (χ1v) is 6.36. The van der Waals surface area contributed by atoms with Gasteiger partial charge in [0.15, 0.2) is 17.9 Å². The van der Waals surface area contributed by atoms with Crippen LogP contribution >= 0.6 is 11.8 Å². The summed E-state index contributed by atoms with van der Waals surface area (Å²) in [6, 6.07) is 4.11. The summed E-state index contributed by atoms with van der Waals surface area (Å²) < 4.78 is 5.45. The Morgan fingerprint density at radius 2 is 2.40 bits per heavy atom. The lowest BCUT2D eigenvalue weighted by Gasteiger charge is -2.26. The second-order valence-electron chi connectivity index (χ2n) is 3.74. The number of carbonyl (C=O) groups is 1. The minimum atomic E-state index is 0.411. The summed E-state index contributed by atoms with van der Waals surface area (Å²) in [4.78, 5) is 12.8. The van der Waals surface area contributed by atoms with Gasteiger partial charge in [0.05, 0.1) is 0 Å². The molecule has 1 unspecified atom stereocenters. The molecule has 1 aromatic heterocycles. The Morgan fingerprint density at radius 3 is 3.13 bits per heavy atom. The highest BCUT2D eigenvalue weighted by Gasteiger charge is 2.19. The minimum absolute atomic E-state index is 0.411. The Kier molecular flexibility index (Phi) is 3.36. The van der Waals surface area contributed by atoms with Crippen molar-refractivity contribution in [3.63, 3.8) is 0 Å². The number of thioether (sulfide) groups is 1. The van der Waals surface area contributed by atoms with E-state index in [0.717, 1.165) is 24.5 Å². The average Bonchev–Trinajstić information content (AvgIpc) is 2.62. The van der Waals surface area contributed by atoms with Crippen molar-refractivity contribution in [3.8, 4) is 0 Å². The number of hydrogen-bond donors (Lipinski definition) is 0. The maximum absolute atomic E-state index is 10.5. The zero-order valence-electron chi connectivity index (χ0n) is 8.81. The van der Waals surface area contributed by atoms with Gasteiger partial charge in [0.1, 0.15) is 0 Å². The third-order valence-corrected chi connectivity index (χ3v) is 3.70. The highest BCUT2D eigenvalue weighted by molar-refractivity contribution is 7.99. The Balaban J connectivity index is 2.16. The molecule has 0 saturated carbocycles. The number of aldehydes is 1. The highest BCUT2D eigenvalue weighted by atomic mass is 32.2. The van der Waals surface area contributed by atoms with Gasteiger partial charge >= 0.3 is 0 Å². The summed E-state index contributed by atoms with van der Waals surface area (Å²) in [6.07, 6.45) is 1.92. The number of hydrogen-bond acceptors (Lipinski definition) is 4. The Hall–Kier alpha value is -0.900. The maximum Gasteiger partial charge on any atom is 0.196 e. The Labute approximate surface area is 93.8 Å². The monoisotopic (exact) mass is 225 g/mol. The lowest BCUT2D eigenvalue weighted by atomic mass is 10.2. The van der Waals surface area contributed by atoms with Crippen LogP contribution in [0.4, 0.5) is 5.88 Å². The van der Waals surface area contributed by atoms with Crippen molar-refractivity contribution in [2.24, 2.45) is 0 Å². The fourth-order valence-corrected chi connectivity index (χ4v) is 2.82. The van der Waals surface area contributed by atoms with Crippen molar-refractivity contribution in [1.29, 1.82) is 0 Å². The van der Waals surface area contributed by atoms with E-state index in [0.29, 0.717) is 11.8 Å². The van der Waals surface area contributed by atoms with Gasteiger partial charge in [-0.3, -0.25) is 4.79 Å². The van der Waals surface area contributed by atoms with Gasteiger partial charge in [-0.15, -0.1) is 0 Å². The molecule has 4 heteroatoms. The molecule has 1 fully saturated rings. The normalized spacial score (nSPS) is 22.5. The summed E-state index contributed by atoms with van der Waals surface area (Å²) in [6.45, 7) is 3.20. The van der Waals surface area contributed by atoms with Crippen LogP contribution in [0.5, 0.6) is 0 Å². The molecule has 1 atom stereocenters. The lowest BCUT2D eigenvalue weighted by Crippen LogP contribution is -2.33. The first-order chi connectivity index (χ1) is 7.31. The zero-order valence-corrected chi connectivity index (χ0v) is 9.63. The predicted octanol–water partition coefficient (Wildman–Crippen LogP) is 2.42. The molecule has 0 radical (unpaired) electrons. The van der Waals surface area contributed by atoms with Crippen molar-refractivity contribution in [2.75, 3.05) is 23.0 Å². The first-order valence-electron chi connectivity index (χ1n) is 5.20. The van der Waals surface area contributed by atoms with Crippen LogP contribution in [0.15, 0.2) is 16.5 Å².